The second-order valence-corrected chi connectivity index (χ2v) is 6.31. The summed E-state index contributed by atoms with van der Waals surface area (Å²) in [5.74, 6) is -0.904. The summed E-state index contributed by atoms with van der Waals surface area (Å²) in [4.78, 5) is 17.0. The molecular formula is C11H14FN3O3S. The Hall–Kier alpha value is -1.54. The van der Waals surface area contributed by atoms with Crippen LogP contribution in [0, 0.1) is 5.95 Å². The van der Waals surface area contributed by atoms with Gasteiger partial charge in [-0.05, 0) is 12.1 Å². The van der Waals surface area contributed by atoms with Crippen molar-refractivity contribution in [3.63, 3.8) is 0 Å². The number of amides is 1. The van der Waals surface area contributed by atoms with Gasteiger partial charge in [-0.3, -0.25) is 4.79 Å². The fourth-order valence-corrected chi connectivity index (χ4v) is 2.73. The molecule has 1 aromatic rings. The maximum Gasteiger partial charge on any atom is 0.255 e. The number of carbonyl (C=O) groups is 1. The third-order valence-electron chi connectivity index (χ3n) is 2.97. The van der Waals surface area contributed by atoms with Crippen LogP contribution in [0.5, 0.6) is 0 Å². The van der Waals surface area contributed by atoms with Crippen molar-refractivity contribution in [2.75, 3.05) is 32.4 Å². The molecule has 6 nitrogen and oxygen atoms in total. The van der Waals surface area contributed by atoms with Crippen LogP contribution in [0.4, 0.5) is 4.39 Å². The van der Waals surface area contributed by atoms with Gasteiger partial charge in [0.05, 0.1) is 11.8 Å². The first-order valence-electron chi connectivity index (χ1n) is 5.74. The van der Waals surface area contributed by atoms with E-state index in [-0.39, 0.29) is 19.0 Å². The van der Waals surface area contributed by atoms with Crippen LogP contribution in [0.1, 0.15) is 10.4 Å². The van der Waals surface area contributed by atoms with Gasteiger partial charge in [0.1, 0.15) is 0 Å². The highest BCUT2D eigenvalue weighted by Gasteiger charge is 2.26. The second kappa shape index (κ2) is 5.22. The van der Waals surface area contributed by atoms with Crippen molar-refractivity contribution < 1.29 is 17.6 Å². The summed E-state index contributed by atoms with van der Waals surface area (Å²) >= 11 is 0. The van der Waals surface area contributed by atoms with Crippen molar-refractivity contribution in [2.24, 2.45) is 0 Å². The lowest BCUT2D eigenvalue weighted by Crippen LogP contribution is -2.50. The molecule has 0 atom stereocenters. The lowest BCUT2D eigenvalue weighted by atomic mass is 10.2. The van der Waals surface area contributed by atoms with E-state index in [1.54, 1.807) is 0 Å². The van der Waals surface area contributed by atoms with Gasteiger partial charge in [-0.15, -0.1) is 0 Å². The Morgan fingerprint density at radius 1 is 1.26 bits per heavy atom. The second-order valence-electron chi connectivity index (χ2n) is 4.32. The molecule has 1 amide bonds. The Morgan fingerprint density at radius 3 is 2.37 bits per heavy atom. The Labute approximate surface area is 110 Å². The highest BCUT2D eigenvalue weighted by atomic mass is 32.2. The Kier molecular flexibility index (Phi) is 3.81. The first kappa shape index (κ1) is 13.9. The van der Waals surface area contributed by atoms with Crippen molar-refractivity contribution in [3.8, 4) is 0 Å². The minimum atomic E-state index is -3.21. The summed E-state index contributed by atoms with van der Waals surface area (Å²) in [6.45, 7) is 1.20. The number of hydrogen-bond acceptors (Lipinski definition) is 4. The predicted molar refractivity (Wildman–Crippen MR) is 66.5 cm³/mol. The summed E-state index contributed by atoms with van der Waals surface area (Å²) < 4.78 is 36.7. The van der Waals surface area contributed by atoms with E-state index in [0.717, 1.165) is 12.3 Å². The van der Waals surface area contributed by atoms with E-state index in [0.29, 0.717) is 18.7 Å². The number of piperazine rings is 1. The van der Waals surface area contributed by atoms with Gasteiger partial charge in [-0.1, -0.05) is 0 Å². The zero-order chi connectivity index (χ0) is 14.0. The number of pyridine rings is 1. The summed E-state index contributed by atoms with van der Waals surface area (Å²) in [7, 11) is -3.21. The monoisotopic (exact) mass is 287 g/mol. The topological polar surface area (TPSA) is 70.6 Å². The minimum Gasteiger partial charge on any atom is -0.336 e. The van der Waals surface area contributed by atoms with Crippen molar-refractivity contribution in [1.29, 1.82) is 0 Å². The van der Waals surface area contributed by atoms with E-state index in [9.17, 15) is 17.6 Å². The van der Waals surface area contributed by atoms with Crippen LogP contribution in [0.2, 0.25) is 0 Å². The fourth-order valence-electron chi connectivity index (χ4n) is 1.91. The van der Waals surface area contributed by atoms with Crippen LogP contribution in [0.3, 0.4) is 0 Å². The van der Waals surface area contributed by atoms with Gasteiger partial charge in [-0.2, -0.15) is 8.70 Å². The smallest absolute Gasteiger partial charge is 0.255 e. The number of nitrogens with zero attached hydrogens (tertiary/aromatic N) is 3. The number of sulfonamides is 1. The molecule has 0 spiro atoms. The zero-order valence-corrected chi connectivity index (χ0v) is 11.2. The van der Waals surface area contributed by atoms with Crippen LogP contribution < -0.4 is 0 Å². The molecule has 1 fully saturated rings. The lowest BCUT2D eigenvalue weighted by Gasteiger charge is -2.33. The van der Waals surface area contributed by atoms with Gasteiger partial charge in [0.2, 0.25) is 16.0 Å². The number of carbonyl (C=O) groups excluding carboxylic acids is 1. The van der Waals surface area contributed by atoms with Crippen LogP contribution in [0.15, 0.2) is 18.3 Å². The molecule has 0 N–H and O–H groups in total. The zero-order valence-electron chi connectivity index (χ0n) is 10.4. The summed E-state index contributed by atoms with van der Waals surface area (Å²) in [6, 6.07) is 2.49. The molecule has 2 heterocycles. The van der Waals surface area contributed by atoms with Gasteiger partial charge in [0.15, 0.2) is 0 Å². The number of hydrogen-bond donors (Lipinski definition) is 0. The van der Waals surface area contributed by atoms with Crippen molar-refractivity contribution >= 4 is 15.9 Å². The number of halogens is 1. The lowest BCUT2D eigenvalue weighted by molar-refractivity contribution is 0.0697. The van der Waals surface area contributed by atoms with Gasteiger partial charge >= 0.3 is 0 Å². The highest BCUT2D eigenvalue weighted by molar-refractivity contribution is 7.88. The number of aromatic nitrogens is 1. The maximum absolute atomic E-state index is 12.7. The van der Waals surface area contributed by atoms with E-state index < -0.39 is 16.0 Å². The van der Waals surface area contributed by atoms with Gasteiger partial charge in [0.25, 0.3) is 5.91 Å². The molecule has 0 aromatic carbocycles. The molecule has 1 aliphatic rings. The summed E-state index contributed by atoms with van der Waals surface area (Å²) in [5.41, 5.74) is 0.300. The average molecular weight is 287 g/mol. The van der Waals surface area contributed by atoms with Gasteiger partial charge < -0.3 is 4.90 Å². The Balaban J connectivity index is 2.02. The van der Waals surface area contributed by atoms with Crippen LogP contribution in [0.25, 0.3) is 0 Å². The molecule has 1 aliphatic heterocycles. The van der Waals surface area contributed by atoms with Gasteiger partial charge in [0, 0.05) is 32.4 Å². The van der Waals surface area contributed by atoms with Gasteiger partial charge in [-0.25, -0.2) is 13.4 Å². The maximum atomic E-state index is 12.7. The molecule has 0 radical (unpaired) electrons. The molecule has 1 saturated heterocycles. The van der Waals surface area contributed by atoms with Crippen molar-refractivity contribution in [3.05, 3.63) is 29.8 Å². The van der Waals surface area contributed by atoms with Crippen LogP contribution in [-0.4, -0.2) is 60.9 Å². The normalized spacial score (nSPS) is 17.5. The molecule has 0 aliphatic carbocycles. The fraction of sp³-hybridized carbons (Fsp3) is 0.455. The highest BCUT2D eigenvalue weighted by Crippen LogP contribution is 2.10. The first-order chi connectivity index (χ1) is 8.88. The third kappa shape index (κ3) is 3.27. The molecule has 104 valence electrons. The molecule has 8 heteroatoms. The third-order valence-corrected chi connectivity index (χ3v) is 4.27. The molecule has 0 unspecified atom stereocenters. The van der Waals surface area contributed by atoms with Crippen LogP contribution >= 0.6 is 0 Å². The Bertz CT molecular complexity index is 565. The largest absolute Gasteiger partial charge is 0.336 e. The van der Waals surface area contributed by atoms with Crippen molar-refractivity contribution in [1.82, 2.24) is 14.2 Å². The SMILES string of the molecule is CS(=O)(=O)N1CCN(C(=O)c2ccc(F)nc2)CC1. The molecule has 19 heavy (non-hydrogen) atoms. The van der Waals surface area contributed by atoms with Crippen molar-refractivity contribution in [2.45, 2.75) is 0 Å². The standard InChI is InChI=1S/C11H14FN3O3S/c1-19(17,18)15-6-4-14(5-7-15)11(16)9-2-3-10(12)13-8-9/h2-3,8H,4-7H2,1H3. The van der Waals surface area contributed by atoms with Crippen LogP contribution in [-0.2, 0) is 10.0 Å². The predicted octanol–water partition coefficient (Wildman–Crippen LogP) is -0.0619. The quantitative estimate of drug-likeness (QED) is 0.714. The molecule has 0 bridgehead atoms. The number of rotatable bonds is 2. The van der Waals surface area contributed by atoms with E-state index in [1.165, 1.54) is 21.5 Å². The van der Waals surface area contributed by atoms with E-state index >= 15 is 0 Å². The Morgan fingerprint density at radius 2 is 1.89 bits per heavy atom. The van der Waals surface area contributed by atoms with E-state index in [1.807, 2.05) is 0 Å². The summed E-state index contributed by atoms with van der Waals surface area (Å²) in [5, 5.41) is 0. The molecule has 2 rings (SSSR count). The molecular weight excluding hydrogens is 273 g/mol. The molecule has 0 saturated carbocycles. The minimum absolute atomic E-state index is 0.263. The summed E-state index contributed by atoms with van der Waals surface area (Å²) in [6.07, 6.45) is 2.33. The van der Waals surface area contributed by atoms with E-state index in [2.05, 4.69) is 4.98 Å². The molecule has 1 aromatic heterocycles. The van der Waals surface area contributed by atoms with E-state index in [4.69, 9.17) is 0 Å². The first-order valence-corrected chi connectivity index (χ1v) is 7.59. The average Bonchev–Trinajstić information content (AvgIpc) is 2.38.